The zero-order valence-corrected chi connectivity index (χ0v) is 9.87. The zero-order chi connectivity index (χ0) is 12.7. The second-order valence-corrected chi connectivity index (χ2v) is 3.92. The minimum Gasteiger partial charge on any atom is -0.459 e. The van der Waals surface area contributed by atoms with Gasteiger partial charge in [0.15, 0.2) is 0 Å². The van der Waals surface area contributed by atoms with E-state index < -0.39 is 18.2 Å². The molecule has 2 atom stereocenters. The predicted molar refractivity (Wildman–Crippen MR) is 63.6 cm³/mol. The Balaban J connectivity index is 2.33. The molecule has 0 aliphatic carbocycles. The number of esters is 1. The van der Waals surface area contributed by atoms with Gasteiger partial charge in [0, 0.05) is 6.42 Å². The first-order valence-electron chi connectivity index (χ1n) is 5.71. The number of aliphatic hydroxyl groups excluding tert-OH is 2. The molecule has 0 saturated heterocycles. The fraction of sp³-hybridized carbons (Fsp3) is 0.462. The van der Waals surface area contributed by atoms with Crippen molar-refractivity contribution < 1.29 is 19.7 Å². The predicted octanol–water partition coefficient (Wildman–Crippen LogP) is 1.37. The number of hydrogen-bond acceptors (Lipinski definition) is 4. The first kappa shape index (κ1) is 13.7. The summed E-state index contributed by atoms with van der Waals surface area (Å²) in [6, 6.07) is 8.59. The van der Waals surface area contributed by atoms with E-state index in [-0.39, 0.29) is 13.0 Å². The molecule has 2 N–H and O–H groups in total. The molecule has 0 heterocycles. The fourth-order valence-corrected chi connectivity index (χ4v) is 1.38. The van der Waals surface area contributed by atoms with E-state index >= 15 is 0 Å². The molecule has 0 aliphatic heterocycles. The van der Waals surface area contributed by atoms with E-state index in [1.165, 1.54) is 0 Å². The summed E-state index contributed by atoms with van der Waals surface area (Å²) in [5.74, 6) is -0.462. The van der Waals surface area contributed by atoms with E-state index in [0.717, 1.165) is 0 Å². The zero-order valence-electron chi connectivity index (χ0n) is 9.87. The van der Waals surface area contributed by atoms with Gasteiger partial charge >= 0.3 is 5.97 Å². The van der Waals surface area contributed by atoms with Gasteiger partial charge in [-0.1, -0.05) is 25.1 Å². The molecule has 17 heavy (non-hydrogen) atoms. The third-order valence-electron chi connectivity index (χ3n) is 2.43. The quantitative estimate of drug-likeness (QED) is 0.734. The smallest absolute Gasteiger partial charge is 0.338 e. The molecular weight excluding hydrogens is 220 g/mol. The van der Waals surface area contributed by atoms with Crippen molar-refractivity contribution in [1.29, 1.82) is 0 Å². The van der Waals surface area contributed by atoms with E-state index in [4.69, 9.17) is 4.74 Å². The van der Waals surface area contributed by atoms with Crippen molar-refractivity contribution in [2.75, 3.05) is 6.61 Å². The Labute approximate surface area is 101 Å². The highest BCUT2D eigenvalue weighted by Gasteiger charge is 2.13. The number of rotatable bonds is 6. The van der Waals surface area contributed by atoms with Crippen molar-refractivity contribution in [3.8, 4) is 0 Å². The third kappa shape index (κ3) is 4.97. The SMILES string of the molecule is CCC(O)CC(O)COC(=O)c1ccccc1. The molecule has 0 spiro atoms. The lowest BCUT2D eigenvalue weighted by Crippen LogP contribution is -2.23. The van der Waals surface area contributed by atoms with Gasteiger partial charge in [0.05, 0.1) is 17.8 Å². The largest absolute Gasteiger partial charge is 0.459 e. The van der Waals surface area contributed by atoms with E-state index in [2.05, 4.69) is 0 Å². The highest BCUT2D eigenvalue weighted by atomic mass is 16.5. The monoisotopic (exact) mass is 238 g/mol. The molecule has 94 valence electrons. The van der Waals surface area contributed by atoms with Crippen LogP contribution in [0.15, 0.2) is 30.3 Å². The highest BCUT2D eigenvalue weighted by molar-refractivity contribution is 5.89. The molecule has 0 aliphatic rings. The van der Waals surface area contributed by atoms with Gasteiger partial charge in [0.1, 0.15) is 6.61 Å². The Morgan fingerprint density at radius 2 is 1.88 bits per heavy atom. The fourth-order valence-electron chi connectivity index (χ4n) is 1.38. The number of ether oxygens (including phenoxy) is 1. The van der Waals surface area contributed by atoms with Crippen molar-refractivity contribution in [1.82, 2.24) is 0 Å². The van der Waals surface area contributed by atoms with Crippen LogP contribution in [0.5, 0.6) is 0 Å². The van der Waals surface area contributed by atoms with Gasteiger partial charge in [-0.15, -0.1) is 0 Å². The molecule has 2 unspecified atom stereocenters. The molecular formula is C13H18O4. The highest BCUT2D eigenvalue weighted by Crippen LogP contribution is 2.05. The Morgan fingerprint density at radius 3 is 2.47 bits per heavy atom. The minimum absolute atomic E-state index is 0.0925. The van der Waals surface area contributed by atoms with E-state index in [1.54, 1.807) is 24.3 Å². The molecule has 0 amide bonds. The third-order valence-corrected chi connectivity index (χ3v) is 2.43. The summed E-state index contributed by atoms with van der Waals surface area (Å²) in [5, 5.41) is 18.8. The first-order chi connectivity index (χ1) is 8.13. The standard InChI is InChI=1S/C13H18O4/c1-2-11(14)8-12(15)9-17-13(16)10-6-4-3-5-7-10/h3-7,11-12,14-15H,2,8-9H2,1H3. The second-order valence-electron chi connectivity index (χ2n) is 3.92. The average molecular weight is 238 g/mol. The molecule has 1 rings (SSSR count). The van der Waals surface area contributed by atoms with Crippen LogP contribution in [0.2, 0.25) is 0 Å². The van der Waals surface area contributed by atoms with Gasteiger partial charge in [-0.3, -0.25) is 0 Å². The van der Waals surface area contributed by atoms with Gasteiger partial charge in [-0.25, -0.2) is 4.79 Å². The molecule has 1 aromatic carbocycles. The molecule has 0 saturated carbocycles. The lowest BCUT2D eigenvalue weighted by Gasteiger charge is -2.14. The Kier molecular flexibility index (Phi) is 5.66. The molecule has 1 aromatic rings. The Hall–Kier alpha value is -1.39. The van der Waals surface area contributed by atoms with Crippen molar-refractivity contribution in [2.24, 2.45) is 0 Å². The maximum absolute atomic E-state index is 11.5. The van der Waals surface area contributed by atoms with Gasteiger partial charge in [0.2, 0.25) is 0 Å². The average Bonchev–Trinajstić information content (AvgIpc) is 2.36. The van der Waals surface area contributed by atoms with Gasteiger partial charge < -0.3 is 14.9 Å². The molecule has 4 heteroatoms. The summed E-state index contributed by atoms with van der Waals surface area (Å²) < 4.78 is 4.94. The van der Waals surface area contributed by atoms with Crippen LogP contribution in [0.4, 0.5) is 0 Å². The molecule has 0 radical (unpaired) electrons. The van der Waals surface area contributed by atoms with E-state index in [9.17, 15) is 15.0 Å². The summed E-state index contributed by atoms with van der Waals surface area (Å²) >= 11 is 0. The molecule has 0 aromatic heterocycles. The normalized spacial score (nSPS) is 14.1. The summed E-state index contributed by atoms with van der Waals surface area (Å²) in [6.45, 7) is 1.73. The lowest BCUT2D eigenvalue weighted by molar-refractivity contribution is 0.00887. The van der Waals surface area contributed by atoms with Crippen LogP contribution in [0.1, 0.15) is 30.1 Å². The topological polar surface area (TPSA) is 66.8 Å². The number of carbonyl (C=O) groups is 1. The van der Waals surface area contributed by atoms with Gasteiger partial charge in [-0.2, -0.15) is 0 Å². The van der Waals surface area contributed by atoms with Crippen LogP contribution in [-0.2, 0) is 4.74 Å². The van der Waals surface area contributed by atoms with Crippen LogP contribution >= 0.6 is 0 Å². The number of aliphatic hydroxyl groups is 2. The van der Waals surface area contributed by atoms with E-state index in [1.807, 2.05) is 13.0 Å². The second kappa shape index (κ2) is 7.04. The molecule has 0 bridgehead atoms. The van der Waals surface area contributed by atoms with Crippen LogP contribution in [0.3, 0.4) is 0 Å². The number of hydrogen-bond donors (Lipinski definition) is 2. The Bertz CT molecular complexity index is 337. The van der Waals surface area contributed by atoms with Crippen molar-refractivity contribution in [3.05, 3.63) is 35.9 Å². The number of carbonyl (C=O) groups excluding carboxylic acids is 1. The van der Waals surface area contributed by atoms with Crippen molar-refractivity contribution in [3.63, 3.8) is 0 Å². The van der Waals surface area contributed by atoms with Crippen LogP contribution in [0, 0.1) is 0 Å². The molecule has 4 nitrogen and oxygen atoms in total. The molecule has 0 fully saturated rings. The number of benzene rings is 1. The maximum Gasteiger partial charge on any atom is 0.338 e. The van der Waals surface area contributed by atoms with E-state index in [0.29, 0.717) is 12.0 Å². The summed E-state index contributed by atoms with van der Waals surface area (Å²) in [5.41, 5.74) is 0.454. The van der Waals surface area contributed by atoms with Gasteiger partial charge in [-0.05, 0) is 18.6 Å². The lowest BCUT2D eigenvalue weighted by atomic mass is 10.1. The summed E-state index contributed by atoms with van der Waals surface area (Å²) in [7, 11) is 0. The maximum atomic E-state index is 11.5. The first-order valence-corrected chi connectivity index (χ1v) is 5.71. The van der Waals surface area contributed by atoms with Crippen LogP contribution in [0.25, 0.3) is 0 Å². The van der Waals surface area contributed by atoms with Gasteiger partial charge in [0.25, 0.3) is 0 Å². The Morgan fingerprint density at radius 1 is 1.24 bits per heavy atom. The minimum atomic E-state index is -0.822. The van der Waals surface area contributed by atoms with Crippen LogP contribution < -0.4 is 0 Å². The summed E-state index contributed by atoms with van der Waals surface area (Å²) in [4.78, 5) is 11.5. The van der Waals surface area contributed by atoms with Crippen molar-refractivity contribution in [2.45, 2.75) is 32.0 Å². The summed E-state index contributed by atoms with van der Waals surface area (Å²) in [6.07, 6.45) is -0.583. The van der Waals surface area contributed by atoms with Crippen LogP contribution in [-0.4, -0.2) is 35.0 Å². The van der Waals surface area contributed by atoms with Crippen molar-refractivity contribution >= 4 is 5.97 Å².